The van der Waals surface area contributed by atoms with Crippen LogP contribution in [0, 0.1) is 0 Å². The smallest absolute Gasteiger partial charge is 0.221 e. The van der Waals surface area contributed by atoms with Crippen LogP contribution in [0.15, 0.2) is 97.5 Å². The molecule has 6 rings (SSSR count). The number of pyridine rings is 1. The van der Waals surface area contributed by atoms with E-state index in [9.17, 15) is 9.59 Å². The number of hydrogen-bond donors (Lipinski definition) is 1. The summed E-state index contributed by atoms with van der Waals surface area (Å²) in [5.74, 6) is 0.794. The summed E-state index contributed by atoms with van der Waals surface area (Å²) in [6.07, 6.45) is 5.92. The summed E-state index contributed by atoms with van der Waals surface area (Å²) < 4.78 is 0. The monoisotopic (exact) mass is 556 g/mol. The molecule has 0 saturated carbocycles. The molecule has 0 radical (unpaired) electrons. The normalized spacial score (nSPS) is 13.7. The number of carbonyl (C=O) groups excluding carboxylic acids is 2. The Kier molecular flexibility index (Phi) is 7.96. The average Bonchev–Trinajstić information content (AvgIpc) is 3.02. The zero-order chi connectivity index (χ0) is 28.9. The highest BCUT2D eigenvalue weighted by Gasteiger charge is 2.19. The Morgan fingerprint density at radius 1 is 0.810 bits per heavy atom. The third-order valence-electron chi connectivity index (χ3n) is 7.53. The molecule has 1 saturated heterocycles. The maximum atomic E-state index is 12.8. The molecule has 0 atom stereocenters. The molecule has 1 aliphatic rings. The van der Waals surface area contributed by atoms with Gasteiger partial charge in [0.1, 0.15) is 5.82 Å². The number of piperazine rings is 1. The first-order valence-corrected chi connectivity index (χ1v) is 14.1. The highest BCUT2D eigenvalue weighted by Crippen LogP contribution is 2.25. The Morgan fingerprint density at radius 2 is 1.57 bits per heavy atom. The van der Waals surface area contributed by atoms with Crippen LogP contribution < -0.4 is 10.2 Å². The molecule has 0 unspecified atom stereocenters. The number of anilines is 2. The third-order valence-corrected chi connectivity index (χ3v) is 7.53. The Labute approximate surface area is 245 Å². The number of hydrogen-bond acceptors (Lipinski definition) is 7. The van der Waals surface area contributed by atoms with Gasteiger partial charge in [-0.15, -0.1) is 0 Å². The van der Waals surface area contributed by atoms with Crippen molar-refractivity contribution >= 4 is 34.2 Å². The van der Waals surface area contributed by atoms with Crippen LogP contribution in [0.3, 0.4) is 0 Å². The minimum absolute atomic E-state index is 0.0311. The van der Waals surface area contributed by atoms with Crippen LogP contribution in [-0.2, 0) is 17.8 Å². The van der Waals surface area contributed by atoms with Gasteiger partial charge in [-0.1, -0.05) is 36.4 Å². The molecule has 1 amide bonds. The van der Waals surface area contributed by atoms with Gasteiger partial charge in [0.15, 0.2) is 5.78 Å². The second-order valence-electron chi connectivity index (χ2n) is 10.6. The van der Waals surface area contributed by atoms with Gasteiger partial charge in [-0.3, -0.25) is 24.5 Å². The summed E-state index contributed by atoms with van der Waals surface area (Å²) in [7, 11) is 0. The number of nitrogens with one attached hydrogen (secondary N) is 1. The molecule has 8 nitrogen and oxygen atoms in total. The molecule has 0 bridgehead atoms. The van der Waals surface area contributed by atoms with Crippen molar-refractivity contribution in [2.45, 2.75) is 19.9 Å². The van der Waals surface area contributed by atoms with E-state index < -0.39 is 0 Å². The summed E-state index contributed by atoms with van der Waals surface area (Å²) in [5, 5.41) is 2.72. The van der Waals surface area contributed by atoms with E-state index in [1.807, 2.05) is 55.0 Å². The lowest BCUT2D eigenvalue weighted by atomic mass is 9.99. The van der Waals surface area contributed by atoms with Gasteiger partial charge in [0.2, 0.25) is 5.91 Å². The number of Topliss-reactive ketones (excluding diaryl/α,β-unsaturated/α-hetero) is 1. The quantitative estimate of drug-likeness (QED) is 0.256. The Bertz CT molecular complexity index is 1700. The van der Waals surface area contributed by atoms with Crippen LogP contribution in [0.1, 0.15) is 28.4 Å². The van der Waals surface area contributed by atoms with E-state index in [2.05, 4.69) is 43.3 Å². The van der Waals surface area contributed by atoms with Crippen molar-refractivity contribution in [3.8, 4) is 11.1 Å². The predicted octanol–water partition coefficient (Wildman–Crippen LogP) is 5.40. The van der Waals surface area contributed by atoms with Gasteiger partial charge in [-0.05, 0) is 64.7 Å². The van der Waals surface area contributed by atoms with Crippen LogP contribution in [0.25, 0.3) is 22.2 Å². The Hall–Kier alpha value is -4.95. The molecule has 210 valence electrons. The second kappa shape index (κ2) is 12.3. The van der Waals surface area contributed by atoms with E-state index in [0.717, 1.165) is 66.3 Å². The number of fused-ring (bicyclic) bond motifs is 1. The van der Waals surface area contributed by atoms with Gasteiger partial charge in [-0.25, -0.2) is 4.98 Å². The number of ketones is 1. The molecular weight excluding hydrogens is 524 g/mol. The van der Waals surface area contributed by atoms with E-state index >= 15 is 0 Å². The lowest BCUT2D eigenvalue weighted by Gasteiger charge is -2.35. The minimum Gasteiger partial charge on any atom is -0.353 e. The minimum atomic E-state index is -0.139. The molecule has 2 aromatic heterocycles. The number of benzene rings is 3. The number of rotatable bonds is 8. The van der Waals surface area contributed by atoms with Crippen molar-refractivity contribution in [1.29, 1.82) is 0 Å². The fourth-order valence-electron chi connectivity index (χ4n) is 5.26. The van der Waals surface area contributed by atoms with Gasteiger partial charge in [0, 0.05) is 69.7 Å². The van der Waals surface area contributed by atoms with Gasteiger partial charge in [0.25, 0.3) is 0 Å². The van der Waals surface area contributed by atoms with Gasteiger partial charge in [0.05, 0.1) is 17.2 Å². The van der Waals surface area contributed by atoms with Crippen LogP contribution >= 0.6 is 0 Å². The SMILES string of the molecule is CC(=O)Nc1ccc(C(=O)Cc2ccc(-c3ccc4ncc(N5CCN(Cc6cccnc6)CC5)nc4c3)cc2)cc1. The molecule has 0 spiro atoms. The number of amides is 1. The maximum absolute atomic E-state index is 12.8. The summed E-state index contributed by atoms with van der Waals surface area (Å²) in [6, 6.07) is 25.3. The summed E-state index contributed by atoms with van der Waals surface area (Å²) in [6.45, 7) is 6.10. The molecule has 42 heavy (non-hydrogen) atoms. The summed E-state index contributed by atoms with van der Waals surface area (Å²) in [5.41, 5.74) is 7.32. The second-order valence-corrected chi connectivity index (χ2v) is 10.6. The zero-order valence-corrected chi connectivity index (χ0v) is 23.5. The average molecular weight is 557 g/mol. The number of aromatic nitrogens is 3. The molecule has 1 aliphatic heterocycles. The van der Waals surface area contributed by atoms with Gasteiger partial charge >= 0.3 is 0 Å². The van der Waals surface area contributed by atoms with Crippen molar-refractivity contribution in [3.63, 3.8) is 0 Å². The molecular formula is C34H32N6O2. The first kappa shape index (κ1) is 27.2. The third kappa shape index (κ3) is 6.50. The highest BCUT2D eigenvalue weighted by molar-refractivity contribution is 5.98. The lowest BCUT2D eigenvalue weighted by molar-refractivity contribution is -0.114. The Morgan fingerprint density at radius 3 is 2.29 bits per heavy atom. The maximum Gasteiger partial charge on any atom is 0.221 e. The molecule has 3 heterocycles. The van der Waals surface area contributed by atoms with Crippen molar-refractivity contribution < 1.29 is 9.59 Å². The van der Waals surface area contributed by atoms with Crippen LogP contribution in [0.4, 0.5) is 11.5 Å². The van der Waals surface area contributed by atoms with E-state index in [1.165, 1.54) is 12.5 Å². The largest absolute Gasteiger partial charge is 0.353 e. The molecule has 1 N–H and O–H groups in total. The van der Waals surface area contributed by atoms with Crippen LogP contribution in [0.2, 0.25) is 0 Å². The van der Waals surface area contributed by atoms with E-state index in [4.69, 9.17) is 4.98 Å². The topological polar surface area (TPSA) is 91.3 Å². The first-order chi connectivity index (χ1) is 20.5. The number of nitrogens with zero attached hydrogens (tertiary/aromatic N) is 5. The fraction of sp³-hybridized carbons (Fsp3) is 0.206. The van der Waals surface area contributed by atoms with Crippen molar-refractivity contribution in [1.82, 2.24) is 19.9 Å². The van der Waals surface area contributed by atoms with Crippen LogP contribution in [0.5, 0.6) is 0 Å². The van der Waals surface area contributed by atoms with Gasteiger partial charge < -0.3 is 10.2 Å². The van der Waals surface area contributed by atoms with E-state index in [-0.39, 0.29) is 11.7 Å². The molecule has 0 aliphatic carbocycles. The molecule has 8 heteroatoms. The van der Waals surface area contributed by atoms with Crippen LogP contribution in [-0.4, -0.2) is 57.7 Å². The molecule has 5 aromatic rings. The standard InChI is InChI=1S/C34H32N6O2/c1-24(41)37-30-11-8-28(9-12-30)33(42)19-25-4-6-27(7-5-25)29-10-13-31-32(20-29)38-34(22-36-31)40-17-15-39(16-18-40)23-26-3-2-14-35-21-26/h2-14,20-22H,15-19,23H2,1H3,(H,37,41). The summed E-state index contributed by atoms with van der Waals surface area (Å²) >= 11 is 0. The van der Waals surface area contributed by atoms with Crippen molar-refractivity contribution in [2.24, 2.45) is 0 Å². The van der Waals surface area contributed by atoms with Crippen molar-refractivity contribution in [2.75, 3.05) is 36.4 Å². The Balaban J connectivity index is 1.10. The molecule has 3 aromatic carbocycles. The van der Waals surface area contributed by atoms with Crippen molar-refractivity contribution in [3.05, 3.63) is 114 Å². The lowest BCUT2D eigenvalue weighted by Crippen LogP contribution is -2.46. The zero-order valence-electron chi connectivity index (χ0n) is 23.5. The first-order valence-electron chi connectivity index (χ1n) is 14.1. The van der Waals surface area contributed by atoms with Gasteiger partial charge in [-0.2, -0.15) is 0 Å². The fourth-order valence-corrected chi connectivity index (χ4v) is 5.26. The highest BCUT2D eigenvalue weighted by atomic mass is 16.1. The summed E-state index contributed by atoms with van der Waals surface area (Å²) in [4.78, 5) is 42.7. The predicted molar refractivity (Wildman–Crippen MR) is 165 cm³/mol. The van der Waals surface area contributed by atoms with E-state index in [0.29, 0.717) is 17.7 Å². The molecule has 1 fully saturated rings. The van der Waals surface area contributed by atoms with E-state index in [1.54, 1.807) is 24.3 Å². The number of carbonyl (C=O) groups is 2.